The number of sulfonamides is 1. The summed E-state index contributed by atoms with van der Waals surface area (Å²) in [5.74, 6) is 0.777. The second kappa shape index (κ2) is 9.76. The number of piperidine rings is 1. The molecule has 156 valence electrons. The van der Waals surface area contributed by atoms with Crippen molar-refractivity contribution in [3.05, 3.63) is 54.1 Å². The zero-order valence-electron chi connectivity index (χ0n) is 16.4. The van der Waals surface area contributed by atoms with Crippen molar-refractivity contribution in [1.29, 1.82) is 0 Å². The Bertz CT molecular complexity index is 920. The Balaban J connectivity index is 1.54. The van der Waals surface area contributed by atoms with Gasteiger partial charge >= 0.3 is 5.97 Å². The van der Waals surface area contributed by atoms with E-state index in [9.17, 15) is 13.2 Å². The lowest BCUT2D eigenvalue weighted by atomic mass is 10.2. The van der Waals surface area contributed by atoms with Crippen LogP contribution in [0, 0.1) is 0 Å². The lowest BCUT2D eigenvalue weighted by molar-refractivity contribution is 0.0450. The predicted molar refractivity (Wildman–Crippen MR) is 108 cm³/mol. The number of hydrogen-bond donors (Lipinski definition) is 0. The number of methoxy groups -OCH3 is 1. The first kappa shape index (κ1) is 21.1. The Morgan fingerprint density at radius 1 is 0.966 bits per heavy atom. The first-order chi connectivity index (χ1) is 14.0. The fraction of sp³-hybridized carbons (Fsp3) is 0.381. The van der Waals surface area contributed by atoms with Crippen LogP contribution >= 0.6 is 0 Å². The predicted octanol–water partition coefficient (Wildman–Crippen LogP) is 3.11. The van der Waals surface area contributed by atoms with E-state index in [1.165, 1.54) is 16.4 Å². The molecule has 7 nitrogen and oxygen atoms in total. The van der Waals surface area contributed by atoms with E-state index < -0.39 is 16.0 Å². The van der Waals surface area contributed by atoms with Crippen LogP contribution in [-0.4, -0.2) is 52.1 Å². The average molecular weight is 419 g/mol. The third-order valence-corrected chi connectivity index (χ3v) is 6.56. The van der Waals surface area contributed by atoms with Gasteiger partial charge in [-0.25, -0.2) is 13.2 Å². The van der Waals surface area contributed by atoms with Crippen molar-refractivity contribution in [2.45, 2.75) is 24.2 Å². The van der Waals surface area contributed by atoms with Crippen molar-refractivity contribution in [3.8, 4) is 11.5 Å². The molecular weight excluding hydrogens is 394 g/mol. The third-order valence-electron chi connectivity index (χ3n) is 4.67. The number of carbonyl (C=O) groups excluding carboxylic acids is 1. The zero-order chi connectivity index (χ0) is 20.7. The third kappa shape index (κ3) is 5.48. The molecule has 0 bridgehead atoms. The van der Waals surface area contributed by atoms with Crippen LogP contribution in [0.5, 0.6) is 11.5 Å². The number of ether oxygens (including phenoxy) is 3. The summed E-state index contributed by atoms with van der Waals surface area (Å²) >= 11 is 0. The smallest absolute Gasteiger partial charge is 0.338 e. The van der Waals surface area contributed by atoms with Gasteiger partial charge in [0.25, 0.3) is 0 Å². The van der Waals surface area contributed by atoms with Crippen LogP contribution < -0.4 is 9.47 Å². The van der Waals surface area contributed by atoms with Gasteiger partial charge in [0.1, 0.15) is 24.7 Å². The van der Waals surface area contributed by atoms with Crippen LogP contribution in [0.2, 0.25) is 0 Å². The number of nitrogens with zero attached hydrogens (tertiary/aromatic N) is 1. The summed E-state index contributed by atoms with van der Waals surface area (Å²) in [4.78, 5) is 12.4. The summed E-state index contributed by atoms with van der Waals surface area (Å²) in [6.07, 6.45) is 2.75. The number of rotatable bonds is 8. The molecule has 2 aromatic carbocycles. The van der Waals surface area contributed by atoms with E-state index in [1.54, 1.807) is 43.5 Å². The molecule has 3 rings (SSSR count). The molecular formula is C21H25NO6S. The summed E-state index contributed by atoms with van der Waals surface area (Å²) in [5, 5.41) is 0. The average Bonchev–Trinajstić information content (AvgIpc) is 2.77. The lowest BCUT2D eigenvalue weighted by Gasteiger charge is -2.25. The molecule has 1 saturated heterocycles. The van der Waals surface area contributed by atoms with Crippen LogP contribution in [0.1, 0.15) is 29.6 Å². The molecule has 1 fully saturated rings. The zero-order valence-corrected chi connectivity index (χ0v) is 17.2. The van der Waals surface area contributed by atoms with Crippen LogP contribution in [0.4, 0.5) is 0 Å². The van der Waals surface area contributed by atoms with Crippen molar-refractivity contribution in [1.82, 2.24) is 4.31 Å². The van der Waals surface area contributed by atoms with Crippen molar-refractivity contribution >= 4 is 16.0 Å². The fourth-order valence-corrected chi connectivity index (χ4v) is 4.65. The minimum absolute atomic E-state index is 0.0496. The van der Waals surface area contributed by atoms with Crippen molar-refractivity contribution in [2.75, 3.05) is 33.4 Å². The quantitative estimate of drug-likeness (QED) is 0.483. The Kier molecular flexibility index (Phi) is 7.11. The van der Waals surface area contributed by atoms with Gasteiger partial charge in [-0.1, -0.05) is 12.5 Å². The topological polar surface area (TPSA) is 82.1 Å². The molecule has 0 spiro atoms. The van der Waals surface area contributed by atoms with Crippen LogP contribution in [0.15, 0.2) is 53.4 Å². The first-order valence-corrected chi connectivity index (χ1v) is 11.0. The Morgan fingerprint density at radius 3 is 2.34 bits per heavy atom. The molecule has 0 radical (unpaired) electrons. The fourth-order valence-electron chi connectivity index (χ4n) is 3.09. The van der Waals surface area contributed by atoms with Crippen molar-refractivity contribution < 1.29 is 27.4 Å². The normalized spacial score (nSPS) is 14.9. The number of carbonyl (C=O) groups is 1. The Morgan fingerprint density at radius 2 is 1.66 bits per heavy atom. The highest BCUT2D eigenvalue weighted by molar-refractivity contribution is 7.89. The maximum absolute atomic E-state index is 12.8. The van der Waals surface area contributed by atoms with Gasteiger partial charge in [0.15, 0.2) is 0 Å². The second-order valence-electron chi connectivity index (χ2n) is 6.65. The maximum atomic E-state index is 12.8. The maximum Gasteiger partial charge on any atom is 0.338 e. The molecule has 8 heteroatoms. The summed E-state index contributed by atoms with van der Waals surface area (Å²) in [6, 6.07) is 13.0. The van der Waals surface area contributed by atoms with E-state index in [2.05, 4.69) is 0 Å². The highest BCUT2D eigenvalue weighted by Crippen LogP contribution is 2.21. The van der Waals surface area contributed by atoms with Crippen LogP contribution in [0.3, 0.4) is 0 Å². The second-order valence-corrected chi connectivity index (χ2v) is 8.59. The van der Waals surface area contributed by atoms with E-state index >= 15 is 0 Å². The standard InChI is InChI=1S/C21H25NO6S/c1-26-18-8-10-19(11-9-18)27-14-15-28-21(23)17-6-5-7-20(16-17)29(24,25)22-12-3-2-4-13-22/h5-11,16H,2-4,12-15H2,1H3. The summed E-state index contributed by atoms with van der Waals surface area (Å²) in [6.45, 7) is 1.26. The first-order valence-electron chi connectivity index (χ1n) is 9.55. The van der Waals surface area contributed by atoms with Crippen molar-refractivity contribution in [3.63, 3.8) is 0 Å². The lowest BCUT2D eigenvalue weighted by Crippen LogP contribution is -2.35. The van der Waals surface area contributed by atoms with Crippen molar-refractivity contribution in [2.24, 2.45) is 0 Å². The van der Waals surface area contributed by atoms with E-state index in [0.717, 1.165) is 25.0 Å². The molecule has 1 aliphatic heterocycles. The van der Waals surface area contributed by atoms with Gasteiger partial charge in [-0.05, 0) is 55.3 Å². The van der Waals surface area contributed by atoms with Gasteiger partial charge in [0, 0.05) is 13.1 Å². The van der Waals surface area contributed by atoms with Crippen LogP contribution in [0.25, 0.3) is 0 Å². The summed E-state index contributed by atoms with van der Waals surface area (Å²) in [5.41, 5.74) is 0.201. The van der Waals surface area contributed by atoms with Gasteiger partial charge in [0.2, 0.25) is 10.0 Å². The van der Waals surface area contributed by atoms with E-state index in [-0.39, 0.29) is 23.7 Å². The highest BCUT2D eigenvalue weighted by Gasteiger charge is 2.26. The molecule has 2 aromatic rings. The van der Waals surface area contributed by atoms with E-state index in [4.69, 9.17) is 14.2 Å². The van der Waals surface area contributed by atoms with Gasteiger partial charge in [-0.3, -0.25) is 0 Å². The highest BCUT2D eigenvalue weighted by atomic mass is 32.2. The van der Waals surface area contributed by atoms with Crippen LogP contribution in [-0.2, 0) is 14.8 Å². The van der Waals surface area contributed by atoms with Gasteiger partial charge < -0.3 is 14.2 Å². The van der Waals surface area contributed by atoms with Gasteiger partial charge in [0.05, 0.1) is 17.6 Å². The van der Waals surface area contributed by atoms with E-state index in [0.29, 0.717) is 18.8 Å². The Labute approximate surface area is 171 Å². The number of esters is 1. The summed E-state index contributed by atoms with van der Waals surface area (Å²) < 4.78 is 42.8. The monoisotopic (exact) mass is 419 g/mol. The molecule has 0 unspecified atom stereocenters. The largest absolute Gasteiger partial charge is 0.497 e. The molecule has 0 atom stereocenters. The number of benzene rings is 2. The molecule has 1 heterocycles. The SMILES string of the molecule is COc1ccc(OCCOC(=O)c2cccc(S(=O)(=O)N3CCCCC3)c2)cc1. The Hall–Kier alpha value is -2.58. The summed E-state index contributed by atoms with van der Waals surface area (Å²) in [7, 11) is -2.01. The number of hydrogen-bond acceptors (Lipinski definition) is 6. The minimum atomic E-state index is -3.59. The minimum Gasteiger partial charge on any atom is -0.497 e. The van der Waals surface area contributed by atoms with E-state index in [1.807, 2.05) is 0 Å². The molecule has 0 amide bonds. The molecule has 0 saturated carbocycles. The van der Waals surface area contributed by atoms with Gasteiger partial charge in [-0.2, -0.15) is 4.31 Å². The molecule has 1 aliphatic rings. The molecule has 0 aromatic heterocycles. The van der Waals surface area contributed by atoms with Gasteiger partial charge in [-0.15, -0.1) is 0 Å². The molecule has 0 aliphatic carbocycles. The molecule has 29 heavy (non-hydrogen) atoms. The molecule has 0 N–H and O–H groups in total.